The van der Waals surface area contributed by atoms with E-state index in [-0.39, 0.29) is 0 Å². The van der Waals surface area contributed by atoms with Gasteiger partial charge in [-0.05, 0) is 0 Å². The predicted molar refractivity (Wildman–Crippen MR) is 20.6 cm³/mol. The molecule has 0 rings (SSSR count). The van der Waals surface area contributed by atoms with E-state index in [2.05, 4.69) is 16.8 Å². The van der Waals surface area contributed by atoms with Crippen LogP contribution in [0.4, 0.5) is 0 Å². The van der Waals surface area contributed by atoms with Crippen LogP contribution in [0.5, 0.6) is 0 Å². The molecule has 17 valence electrons. The van der Waals surface area contributed by atoms with Crippen molar-refractivity contribution >= 4 is 18.1 Å². The molecule has 0 heterocycles. The predicted octanol–water partition coefficient (Wildman–Crippen LogP) is -0.205. The van der Waals surface area contributed by atoms with E-state index in [1.165, 1.54) is 0 Å². The van der Waals surface area contributed by atoms with Gasteiger partial charge in [-0.2, -0.15) is 0 Å². The Hall–Kier alpha value is 0.0218. The molecule has 0 aromatic carbocycles. The van der Waals surface area contributed by atoms with Crippen LogP contribution in [0.1, 0.15) is 0 Å². The Morgan fingerprint density at radius 2 is 2.00 bits per heavy atom. The summed E-state index contributed by atoms with van der Waals surface area (Å²) in [6, 6.07) is 0. The third kappa shape index (κ3) is 4430. The molecule has 0 unspecified atom stereocenters. The fourth-order valence-corrected chi connectivity index (χ4v) is 0. The monoisotopic (exact) mass is 65.0 g/mol. The van der Waals surface area contributed by atoms with Crippen LogP contribution in [0.3, 0.4) is 0 Å². The van der Waals surface area contributed by atoms with Gasteiger partial charge in [-0.25, -0.2) is 0 Å². The zero-order chi connectivity index (χ0) is 3.58. The molecule has 0 saturated carbocycles. The molecule has 4 heavy (non-hydrogen) atoms. The molecule has 2 heteroatoms. The van der Waals surface area contributed by atoms with Gasteiger partial charge in [-0.15, -0.1) is 11.7 Å². The van der Waals surface area contributed by atoms with Crippen molar-refractivity contribution in [2.45, 2.75) is 0 Å². The van der Waals surface area contributed by atoms with Gasteiger partial charge in [0.25, 0.3) is 0 Å². The maximum Gasteiger partial charge on any atom is 0.0996 e. The lowest BCUT2D eigenvalue weighted by molar-refractivity contribution is 2.44. The highest BCUT2D eigenvalue weighted by Crippen LogP contribution is 1.55. The molecule has 0 spiro atoms. The minimum atomic E-state index is 0.472. The zero-order valence-electron chi connectivity index (χ0n) is 2.28. The van der Waals surface area contributed by atoms with Gasteiger partial charge >= 0.3 is 0 Å². The quantitative estimate of drug-likeness (QED) is 0.343. The van der Waals surface area contributed by atoms with Crippen molar-refractivity contribution in [2.24, 2.45) is 0 Å². The molecule has 0 nitrogen and oxygen atoms in total. The van der Waals surface area contributed by atoms with E-state index in [1.54, 1.807) is 0 Å². The Balaban J connectivity index is 2.80. The first-order valence-corrected chi connectivity index (χ1v) is 1.39. The molecular formula is C2H2BSi. The van der Waals surface area contributed by atoms with Gasteiger partial charge in [0.05, 0.1) is 7.85 Å². The van der Waals surface area contributed by atoms with Crippen LogP contribution in [0.25, 0.3) is 0 Å². The maximum atomic E-state index is 4.83. The van der Waals surface area contributed by atoms with Crippen LogP contribution in [0, 0.1) is 0 Å². The van der Waals surface area contributed by atoms with Crippen molar-refractivity contribution in [3.63, 3.8) is 0 Å². The first-order chi connectivity index (χ1) is 1.73. The first kappa shape index (κ1) is 4.02. The van der Waals surface area contributed by atoms with Crippen molar-refractivity contribution in [1.82, 2.24) is 0 Å². The van der Waals surface area contributed by atoms with E-state index < -0.39 is 0 Å². The molecule has 0 aliphatic rings. The minimum Gasteiger partial charge on any atom is -0.140 e. The van der Waals surface area contributed by atoms with Crippen molar-refractivity contribution in [3.05, 3.63) is 11.7 Å². The Bertz CT molecular complexity index is 29.0. The van der Waals surface area contributed by atoms with Gasteiger partial charge in [0.1, 0.15) is 0 Å². The summed E-state index contributed by atoms with van der Waals surface area (Å²) in [6.07, 6.45) is 0. The summed E-state index contributed by atoms with van der Waals surface area (Å²) in [5.74, 6) is 0. The smallest absolute Gasteiger partial charge is 0.0996 e. The molecule has 0 aromatic heterocycles. The molecule has 0 aromatic rings. The summed E-state index contributed by atoms with van der Waals surface area (Å²) in [4.78, 5) is 0. The maximum absolute atomic E-state index is 4.83. The molecule has 0 aliphatic carbocycles. The molecule has 0 atom stereocenters. The summed E-state index contributed by atoms with van der Waals surface area (Å²) >= 11 is 0. The van der Waals surface area contributed by atoms with Crippen molar-refractivity contribution < 1.29 is 0 Å². The molecule has 0 N–H and O–H groups in total. The lowest BCUT2D eigenvalue weighted by Crippen LogP contribution is -1.67. The van der Waals surface area contributed by atoms with Gasteiger partial charge in [0, 0.05) is 10.2 Å². The minimum absolute atomic E-state index is 0.472. The van der Waals surface area contributed by atoms with E-state index in [1.807, 2.05) is 0 Å². The highest BCUT2D eigenvalue weighted by molar-refractivity contribution is 6.47. The fraction of sp³-hybridized carbons (Fsp3) is 0. The summed E-state index contributed by atoms with van der Waals surface area (Å²) in [7, 11) is 7.73. The number of hydrogen-bond donors (Lipinski definition) is 0. The third-order valence-corrected chi connectivity index (χ3v) is 0. The van der Waals surface area contributed by atoms with E-state index >= 15 is 0 Å². The average molecular weight is 64.9 g/mol. The molecule has 0 fully saturated rings. The first-order valence-electron chi connectivity index (χ1n) is 0.892. The summed E-state index contributed by atoms with van der Waals surface area (Å²) in [5.41, 5.74) is 0. The van der Waals surface area contributed by atoms with E-state index in [0.29, 0.717) is 5.10 Å². The number of rotatable bonds is 0. The Labute approximate surface area is 30.7 Å². The van der Waals surface area contributed by atoms with Gasteiger partial charge in [-0.3, -0.25) is 0 Å². The summed E-state index contributed by atoms with van der Waals surface area (Å²) < 4.78 is 0. The standard InChI is InChI=1S/C2H2BSi/c1-2(3)4/h1H2. The van der Waals surface area contributed by atoms with Crippen LogP contribution in [-0.4, -0.2) is 18.1 Å². The van der Waals surface area contributed by atoms with Crippen LogP contribution >= 0.6 is 0 Å². The van der Waals surface area contributed by atoms with E-state index in [0.717, 1.165) is 0 Å². The van der Waals surface area contributed by atoms with Gasteiger partial charge in [0.2, 0.25) is 0 Å². The van der Waals surface area contributed by atoms with Gasteiger partial charge < -0.3 is 0 Å². The summed E-state index contributed by atoms with van der Waals surface area (Å²) in [5, 5.41) is 0.472. The molecule has 5 radical (unpaired) electrons. The van der Waals surface area contributed by atoms with E-state index in [4.69, 9.17) is 7.85 Å². The Morgan fingerprint density at radius 1 is 2.00 bits per heavy atom. The molecule has 0 aliphatic heterocycles. The zero-order valence-corrected chi connectivity index (χ0v) is 3.28. The van der Waals surface area contributed by atoms with Gasteiger partial charge in [-0.1, -0.05) is 0 Å². The molecule has 0 saturated heterocycles. The van der Waals surface area contributed by atoms with Crippen LogP contribution < -0.4 is 0 Å². The fourth-order valence-electron chi connectivity index (χ4n) is 0. The molecule has 0 amide bonds. The highest BCUT2D eigenvalue weighted by Gasteiger charge is 1.54. The lowest BCUT2D eigenvalue weighted by Gasteiger charge is -1.64. The largest absolute Gasteiger partial charge is 0.140 e. The molecular weight excluding hydrogens is 62.9 g/mol. The van der Waals surface area contributed by atoms with Crippen molar-refractivity contribution in [1.29, 1.82) is 0 Å². The van der Waals surface area contributed by atoms with Crippen molar-refractivity contribution in [2.75, 3.05) is 0 Å². The number of hydrogen-bond acceptors (Lipinski definition) is 0. The van der Waals surface area contributed by atoms with Crippen LogP contribution in [0.2, 0.25) is 0 Å². The van der Waals surface area contributed by atoms with E-state index in [9.17, 15) is 0 Å². The second-order valence-corrected chi connectivity index (χ2v) is 1.17. The van der Waals surface area contributed by atoms with Crippen LogP contribution in [-0.2, 0) is 0 Å². The highest BCUT2D eigenvalue weighted by atomic mass is 28.1. The Kier molecular flexibility index (Phi) is 1.36. The lowest BCUT2D eigenvalue weighted by atomic mass is 10.2. The second-order valence-electron chi connectivity index (χ2n) is 0.525. The topological polar surface area (TPSA) is 0 Å². The van der Waals surface area contributed by atoms with Gasteiger partial charge in [0.15, 0.2) is 0 Å². The summed E-state index contributed by atoms with van der Waals surface area (Å²) in [6.45, 7) is 3.25. The molecule has 0 bridgehead atoms. The van der Waals surface area contributed by atoms with Crippen LogP contribution in [0.15, 0.2) is 11.7 Å². The normalized spacial score (nSPS) is 6.25. The third-order valence-electron chi connectivity index (χ3n) is 0. The SMILES string of the molecule is [B]C(=C)[Si]. The average Bonchev–Trinajstić information content (AvgIpc) is 0.811. The Morgan fingerprint density at radius 3 is 2.00 bits per heavy atom. The van der Waals surface area contributed by atoms with Crippen molar-refractivity contribution in [3.8, 4) is 0 Å². The second kappa shape index (κ2) is 1.35.